The average molecular weight is 381 g/mol. The zero-order chi connectivity index (χ0) is 19.8. The van der Waals surface area contributed by atoms with Crippen LogP contribution in [0.5, 0.6) is 11.5 Å². The van der Waals surface area contributed by atoms with Gasteiger partial charge in [0.05, 0.1) is 27.3 Å². The molecule has 1 saturated heterocycles. The zero-order valence-corrected chi connectivity index (χ0v) is 16.7. The molecule has 28 heavy (non-hydrogen) atoms. The molecule has 0 radical (unpaired) electrons. The van der Waals surface area contributed by atoms with Gasteiger partial charge in [0.15, 0.2) is 11.5 Å². The topological polar surface area (TPSA) is 52.0 Å². The molecule has 1 fully saturated rings. The maximum Gasteiger partial charge on any atom is 0.244 e. The first-order chi connectivity index (χ1) is 13.7. The van der Waals surface area contributed by atoms with Crippen molar-refractivity contribution in [1.82, 2.24) is 5.32 Å². The van der Waals surface area contributed by atoms with Crippen LogP contribution >= 0.6 is 0 Å². The lowest BCUT2D eigenvalue weighted by molar-refractivity contribution is -0.901. The number of carbonyl (C=O) groups is 1. The van der Waals surface area contributed by atoms with Crippen molar-refractivity contribution in [3.8, 4) is 11.5 Å². The summed E-state index contributed by atoms with van der Waals surface area (Å²) in [4.78, 5) is 13.9. The van der Waals surface area contributed by atoms with E-state index in [0.29, 0.717) is 18.0 Å². The third kappa shape index (κ3) is 5.36. The molecule has 148 valence electrons. The number of benzene rings is 2. The Morgan fingerprint density at radius 3 is 2.46 bits per heavy atom. The molecule has 0 atom stereocenters. The van der Waals surface area contributed by atoms with E-state index in [1.807, 2.05) is 24.3 Å². The Morgan fingerprint density at radius 1 is 1.04 bits per heavy atom. The van der Waals surface area contributed by atoms with E-state index in [9.17, 15) is 4.79 Å². The van der Waals surface area contributed by atoms with Crippen molar-refractivity contribution in [2.75, 3.05) is 27.3 Å². The molecule has 2 aromatic carbocycles. The number of methoxy groups -OCH3 is 2. The van der Waals surface area contributed by atoms with Crippen LogP contribution in [0.2, 0.25) is 0 Å². The van der Waals surface area contributed by atoms with E-state index < -0.39 is 0 Å². The third-order valence-corrected chi connectivity index (χ3v) is 5.16. The van der Waals surface area contributed by atoms with E-state index in [1.165, 1.54) is 37.1 Å². The van der Waals surface area contributed by atoms with Gasteiger partial charge in [0.1, 0.15) is 6.54 Å². The van der Waals surface area contributed by atoms with E-state index in [1.54, 1.807) is 31.3 Å². The van der Waals surface area contributed by atoms with Crippen LogP contribution in [0.3, 0.4) is 0 Å². The third-order valence-electron chi connectivity index (χ3n) is 5.16. The molecule has 0 saturated carbocycles. The fourth-order valence-corrected chi connectivity index (χ4v) is 3.59. The second-order valence-electron chi connectivity index (χ2n) is 7.07. The molecule has 0 spiro atoms. The standard InChI is InChI=1S/C23H28N2O3/c1-27-21-11-9-18(15-22(21)28-2)10-12-23(26)24-16-19-7-3-4-8-20(19)17-25-13-5-6-14-25/h3-4,7-12,15H,5-6,13-14,16-17H2,1-2H3,(H,24,26)/p+1/b12-10+. The molecule has 2 N–H and O–H groups in total. The van der Waals surface area contributed by atoms with Crippen LogP contribution in [-0.2, 0) is 17.9 Å². The molecule has 1 aliphatic heterocycles. The van der Waals surface area contributed by atoms with Crippen molar-refractivity contribution in [1.29, 1.82) is 0 Å². The van der Waals surface area contributed by atoms with E-state index in [2.05, 4.69) is 23.5 Å². The Hall–Kier alpha value is -2.79. The number of amides is 1. The lowest BCUT2D eigenvalue weighted by Crippen LogP contribution is -3.08. The van der Waals surface area contributed by atoms with Crippen LogP contribution < -0.4 is 19.7 Å². The molecule has 1 amide bonds. The summed E-state index contributed by atoms with van der Waals surface area (Å²) in [7, 11) is 3.20. The number of rotatable bonds is 8. The monoisotopic (exact) mass is 381 g/mol. The van der Waals surface area contributed by atoms with E-state index in [0.717, 1.165) is 12.1 Å². The number of likely N-dealkylation sites (tertiary alicyclic amines) is 1. The number of nitrogens with one attached hydrogen (secondary N) is 2. The fourth-order valence-electron chi connectivity index (χ4n) is 3.59. The van der Waals surface area contributed by atoms with Crippen LogP contribution in [0.15, 0.2) is 48.5 Å². The second kappa shape index (κ2) is 9.95. The summed E-state index contributed by atoms with van der Waals surface area (Å²) in [5.41, 5.74) is 3.39. The van der Waals surface area contributed by atoms with Crippen LogP contribution in [0.4, 0.5) is 0 Å². The van der Waals surface area contributed by atoms with Crippen molar-refractivity contribution in [2.45, 2.75) is 25.9 Å². The molecule has 5 heteroatoms. The summed E-state index contributed by atoms with van der Waals surface area (Å²) < 4.78 is 10.5. The Balaban J connectivity index is 1.58. The normalized spacial score (nSPS) is 14.4. The van der Waals surface area contributed by atoms with Gasteiger partial charge in [-0.3, -0.25) is 4.79 Å². The molecule has 2 aromatic rings. The van der Waals surface area contributed by atoms with Crippen LogP contribution in [0.25, 0.3) is 6.08 Å². The highest BCUT2D eigenvalue weighted by Crippen LogP contribution is 2.27. The largest absolute Gasteiger partial charge is 0.493 e. The Morgan fingerprint density at radius 2 is 1.75 bits per heavy atom. The van der Waals surface area contributed by atoms with Crippen molar-refractivity contribution in [2.24, 2.45) is 0 Å². The van der Waals surface area contributed by atoms with Gasteiger partial charge in [-0.25, -0.2) is 0 Å². The number of quaternary nitrogens is 1. The molecule has 5 nitrogen and oxygen atoms in total. The minimum absolute atomic E-state index is 0.113. The van der Waals surface area contributed by atoms with E-state index >= 15 is 0 Å². The Kier molecular flexibility index (Phi) is 7.09. The fraction of sp³-hybridized carbons (Fsp3) is 0.348. The van der Waals surface area contributed by atoms with Crippen LogP contribution in [0, 0.1) is 0 Å². The average Bonchev–Trinajstić information content (AvgIpc) is 3.24. The molecule has 1 heterocycles. The number of hydrogen-bond donors (Lipinski definition) is 2. The van der Waals surface area contributed by atoms with Gasteiger partial charge in [0.2, 0.25) is 5.91 Å². The van der Waals surface area contributed by atoms with Crippen molar-refractivity contribution in [3.05, 3.63) is 65.2 Å². The highest BCUT2D eigenvalue weighted by Gasteiger charge is 2.17. The second-order valence-corrected chi connectivity index (χ2v) is 7.07. The molecule has 0 aromatic heterocycles. The van der Waals surface area contributed by atoms with Crippen molar-refractivity contribution < 1.29 is 19.2 Å². The summed E-state index contributed by atoms with van der Waals surface area (Å²) >= 11 is 0. The molecule has 0 unspecified atom stereocenters. The predicted octanol–water partition coefficient (Wildman–Crippen LogP) is 2.21. The van der Waals surface area contributed by atoms with Gasteiger partial charge in [-0.1, -0.05) is 30.3 Å². The van der Waals surface area contributed by atoms with Gasteiger partial charge in [-0.05, 0) is 29.3 Å². The quantitative estimate of drug-likeness (QED) is 0.690. The van der Waals surface area contributed by atoms with Gasteiger partial charge in [0.25, 0.3) is 0 Å². The first kappa shape index (κ1) is 20.0. The lowest BCUT2D eigenvalue weighted by Gasteiger charge is -2.15. The Labute approximate surface area is 167 Å². The zero-order valence-electron chi connectivity index (χ0n) is 16.7. The highest BCUT2D eigenvalue weighted by atomic mass is 16.5. The van der Waals surface area contributed by atoms with Gasteiger partial charge < -0.3 is 19.7 Å². The van der Waals surface area contributed by atoms with Gasteiger partial charge in [0, 0.05) is 31.0 Å². The summed E-state index contributed by atoms with van der Waals surface area (Å²) in [5, 5.41) is 2.99. The Bertz CT molecular complexity index is 826. The summed E-state index contributed by atoms with van der Waals surface area (Å²) in [5.74, 6) is 1.20. The maximum atomic E-state index is 12.3. The molecule has 0 bridgehead atoms. The molecule has 0 aliphatic carbocycles. The molecule has 1 aliphatic rings. The molecular formula is C23H29N2O3+. The number of carbonyl (C=O) groups excluding carboxylic acids is 1. The maximum absolute atomic E-state index is 12.3. The van der Waals surface area contributed by atoms with Crippen molar-refractivity contribution in [3.63, 3.8) is 0 Å². The molecular weight excluding hydrogens is 352 g/mol. The van der Waals surface area contributed by atoms with Gasteiger partial charge in [-0.15, -0.1) is 0 Å². The SMILES string of the molecule is COc1ccc(/C=C/C(=O)NCc2ccccc2C[NH+]2CCCC2)cc1OC. The number of ether oxygens (including phenoxy) is 2. The van der Waals surface area contributed by atoms with Crippen molar-refractivity contribution >= 4 is 12.0 Å². The minimum atomic E-state index is -0.113. The predicted molar refractivity (Wildman–Crippen MR) is 111 cm³/mol. The van der Waals surface area contributed by atoms with E-state index in [4.69, 9.17) is 9.47 Å². The van der Waals surface area contributed by atoms with Gasteiger partial charge in [-0.2, -0.15) is 0 Å². The smallest absolute Gasteiger partial charge is 0.244 e. The highest BCUT2D eigenvalue weighted by molar-refractivity contribution is 5.91. The first-order valence-electron chi connectivity index (χ1n) is 9.78. The summed E-state index contributed by atoms with van der Waals surface area (Å²) in [6.07, 6.45) is 5.96. The minimum Gasteiger partial charge on any atom is -0.493 e. The summed E-state index contributed by atoms with van der Waals surface area (Å²) in [6, 6.07) is 13.9. The van der Waals surface area contributed by atoms with E-state index in [-0.39, 0.29) is 5.91 Å². The number of hydrogen-bond acceptors (Lipinski definition) is 3. The van der Waals surface area contributed by atoms with Crippen LogP contribution in [0.1, 0.15) is 29.5 Å². The lowest BCUT2D eigenvalue weighted by atomic mass is 10.1. The van der Waals surface area contributed by atoms with Gasteiger partial charge >= 0.3 is 0 Å². The van der Waals surface area contributed by atoms with Crippen LogP contribution in [-0.4, -0.2) is 33.2 Å². The molecule has 3 rings (SSSR count). The summed E-state index contributed by atoms with van der Waals surface area (Å²) in [6.45, 7) is 4.07. The first-order valence-corrected chi connectivity index (χ1v) is 9.78.